The zero-order valence-electron chi connectivity index (χ0n) is 7.21. The Kier molecular flexibility index (Phi) is 7.92. The van der Waals surface area contributed by atoms with Crippen LogP contribution in [0.1, 0.15) is 26.2 Å². The first-order valence-corrected chi connectivity index (χ1v) is 4.96. The van der Waals surface area contributed by atoms with Gasteiger partial charge in [-0.2, -0.15) is 5.26 Å². The molecular weight excluding hydrogens is 174 g/mol. The van der Waals surface area contributed by atoms with Gasteiger partial charge in [0, 0.05) is 0 Å². The summed E-state index contributed by atoms with van der Waals surface area (Å²) in [5.41, 5.74) is 0. The molecule has 0 aromatic heterocycles. The van der Waals surface area contributed by atoms with Gasteiger partial charge in [0.2, 0.25) is 0 Å². The van der Waals surface area contributed by atoms with Crippen molar-refractivity contribution in [1.29, 1.82) is 5.26 Å². The smallest absolute Gasteiger partial charge is 0.316 e. The zero-order chi connectivity index (χ0) is 9.23. The predicted molar refractivity (Wildman–Crippen MR) is 48.6 cm³/mol. The highest BCUT2D eigenvalue weighted by Gasteiger charge is 2.00. The minimum Gasteiger partial charge on any atom is -0.465 e. The number of carbonyl (C=O) groups excluding carboxylic acids is 1. The molecule has 68 valence electrons. The van der Waals surface area contributed by atoms with Crippen LogP contribution >= 0.6 is 11.8 Å². The molecule has 0 aliphatic rings. The van der Waals surface area contributed by atoms with Crippen LogP contribution in [0.15, 0.2) is 0 Å². The van der Waals surface area contributed by atoms with Crippen LogP contribution in [0.5, 0.6) is 0 Å². The van der Waals surface area contributed by atoms with E-state index in [0.29, 0.717) is 6.61 Å². The van der Waals surface area contributed by atoms with Crippen molar-refractivity contribution in [3.05, 3.63) is 0 Å². The largest absolute Gasteiger partial charge is 0.465 e. The third kappa shape index (κ3) is 7.42. The number of unbranched alkanes of at least 4 members (excludes halogenated alkanes) is 2. The number of nitriles is 1. The third-order valence-electron chi connectivity index (χ3n) is 1.27. The topological polar surface area (TPSA) is 50.1 Å². The fourth-order valence-electron chi connectivity index (χ4n) is 0.671. The average Bonchev–Trinajstić information content (AvgIpc) is 2.09. The predicted octanol–water partition coefficient (Wildman–Crippen LogP) is 1.93. The Labute approximate surface area is 77.1 Å². The van der Waals surface area contributed by atoms with Gasteiger partial charge in [-0.15, -0.1) is 0 Å². The van der Waals surface area contributed by atoms with Gasteiger partial charge in [-0.05, 0) is 18.2 Å². The van der Waals surface area contributed by atoms with E-state index in [2.05, 4.69) is 6.92 Å². The molecule has 0 fully saturated rings. The normalized spacial score (nSPS) is 9.00. The second kappa shape index (κ2) is 8.41. The molecule has 0 saturated carbocycles. The van der Waals surface area contributed by atoms with Crippen molar-refractivity contribution in [2.24, 2.45) is 0 Å². The molecular formula is C8H13NO2S. The first kappa shape index (κ1) is 11.3. The molecule has 0 aliphatic carbocycles. The maximum atomic E-state index is 10.8. The molecule has 0 bridgehead atoms. The molecule has 0 atom stereocenters. The number of thiocyanates is 1. The van der Waals surface area contributed by atoms with E-state index < -0.39 is 0 Å². The quantitative estimate of drug-likeness (QED) is 0.362. The number of carbonyl (C=O) groups is 1. The van der Waals surface area contributed by atoms with Crippen LogP contribution in [0.2, 0.25) is 0 Å². The summed E-state index contributed by atoms with van der Waals surface area (Å²) in [4.78, 5) is 10.8. The second-order valence-corrected chi connectivity index (χ2v) is 3.07. The highest BCUT2D eigenvalue weighted by atomic mass is 32.2. The van der Waals surface area contributed by atoms with E-state index in [-0.39, 0.29) is 11.7 Å². The Balaban J connectivity index is 3.15. The Morgan fingerprint density at radius 3 is 2.92 bits per heavy atom. The van der Waals surface area contributed by atoms with Crippen LogP contribution in [0, 0.1) is 10.7 Å². The molecule has 0 amide bonds. The number of ether oxygens (including phenoxy) is 1. The summed E-state index contributed by atoms with van der Waals surface area (Å²) in [6.07, 6.45) is 3.11. The lowest BCUT2D eigenvalue weighted by molar-refractivity contribution is -0.140. The molecule has 4 heteroatoms. The molecule has 0 aromatic carbocycles. The highest BCUT2D eigenvalue weighted by molar-refractivity contribution is 8.04. The molecule has 0 rings (SSSR count). The van der Waals surface area contributed by atoms with Crippen molar-refractivity contribution in [3.8, 4) is 5.40 Å². The van der Waals surface area contributed by atoms with Crippen LogP contribution < -0.4 is 0 Å². The van der Waals surface area contributed by atoms with E-state index in [1.54, 1.807) is 0 Å². The van der Waals surface area contributed by atoms with Gasteiger partial charge in [0.15, 0.2) is 0 Å². The number of thioether (sulfide) groups is 1. The van der Waals surface area contributed by atoms with E-state index in [1.807, 2.05) is 5.40 Å². The first-order valence-electron chi connectivity index (χ1n) is 3.97. The summed E-state index contributed by atoms with van der Waals surface area (Å²) in [5.74, 6) is -0.152. The molecule has 0 N–H and O–H groups in total. The van der Waals surface area contributed by atoms with Crippen LogP contribution in [0.4, 0.5) is 0 Å². The van der Waals surface area contributed by atoms with Crippen molar-refractivity contribution >= 4 is 17.7 Å². The maximum absolute atomic E-state index is 10.8. The standard InChI is InChI=1S/C8H13NO2S/c1-2-3-4-5-11-8(10)6-12-7-9/h2-6H2,1H3. The van der Waals surface area contributed by atoms with Gasteiger partial charge in [-0.3, -0.25) is 4.79 Å². The van der Waals surface area contributed by atoms with E-state index in [9.17, 15) is 4.79 Å². The number of esters is 1. The molecule has 0 unspecified atom stereocenters. The number of nitrogens with zero attached hydrogens (tertiary/aromatic N) is 1. The monoisotopic (exact) mass is 187 g/mol. The van der Waals surface area contributed by atoms with E-state index in [0.717, 1.165) is 31.0 Å². The van der Waals surface area contributed by atoms with E-state index >= 15 is 0 Å². The summed E-state index contributed by atoms with van der Waals surface area (Å²) in [5, 5.41) is 9.95. The summed E-state index contributed by atoms with van der Waals surface area (Å²) in [6, 6.07) is 0. The van der Waals surface area contributed by atoms with Gasteiger partial charge in [-0.25, -0.2) is 0 Å². The van der Waals surface area contributed by atoms with Crippen molar-refractivity contribution in [1.82, 2.24) is 0 Å². The SMILES string of the molecule is CCCCCOC(=O)CSC#N. The zero-order valence-corrected chi connectivity index (χ0v) is 8.02. The lowest BCUT2D eigenvalue weighted by Gasteiger charge is -2.01. The average molecular weight is 187 g/mol. The Bertz CT molecular complexity index is 165. The molecule has 0 heterocycles. The summed E-state index contributed by atoms with van der Waals surface area (Å²) in [7, 11) is 0. The second-order valence-electron chi connectivity index (χ2n) is 2.31. The van der Waals surface area contributed by atoms with E-state index in [4.69, 9.17) is 10.00 Å². The lowest BCUT2D eigenvalue weighted by Crippen LogP contribution is -2.07. The lowest BCUT2D eigenvalue weighted by atomic mass is 10.3. The van der Waals surface area contributed by atoms with Crippen molar-refractivity contribution in [3.63, 3.8) is 0 Å². The Hall–Kier alpha value is -0.690. The van der Waals surface area contributed by atoms with E-state index in [1.165, 1.54) is 0 Å². The van der Waals surface area contributed by atoms with Gasteiger partial charge in [-0.1, -0.05) is 19.8 Å². The van der Waals surface area contributed by atoms with Crippen LogP contribution in [0.25, 0.3) is 0 Å². The van der Waals surface area contributed by atoms with Crippen LogP contribution in [0.3, 0.4) is 0 Å². The number of hydrogen-bond acceptors (Lipinski definition) is 4. The Morgan fingerprint density at radius 2 is 2.33 bits per heavy atom. The van der Waals surface area contributed by atoms with Gasteiger partial charge in [0.25, 0.3) is 0 Å². The molecule has 0 aromatic rings. The first-order chi connectivity index (χ1) is 5.81. The number of hydrogen-bond donors (Lipinski definition) is 0. The number of rotatable bonds is 6. The van der Waals surface area contributed by atoms with Crippen molar-refractivity contribution < 1.29 is 9.53 Å². The maximum Gasteiger partial charge on any atom is 0.316 e. The van der Waals surface area contributed by atoms with Crippen LogP contribution in [-0.4, -0.2) is 18.3 Å². The Morgan fingerprint density at radius 1 is 1.58 bits per heavy atom. The highest BCUT2D eigenvalue weighted by Crippen LogP contribution is 1.99. The molecule has 0 spiro atoms. The van der Waals surface area contributed by atoms with Gasteiger partial charge in [0.1, 0.15) is 11.2 Å². The van der Waals surface area contributed by atoms with Crippen molar-refractivity contribution in [2.45, 2.75) is 26.2 Å². The fraction of sp³-hybridized carbons (Fsp3) is 0.750. The molecule has 12 heavy (non-hydrogen) atoms. The molecule has 0 aliphatic heterocycles. The molecule has 3 nitrogen and oxygen atoms in total. The van der Waals surface area contributed by atoms with Crippen LogP contribution in [-0.2, 0) is 9.53 Å². The summed E-state index contributed by atoms with van der Waals surface area (Å²) in [6.45, 7) is 2.58. The third-order valence-corrected chi connectivity index (χ3v) is 1.77. The molecule has 0 saturated heterocycles. The summed E-state index contributed by atoms with van der Waals surface area (Å²) < 4.78 is 4.84. The molecule has 0 radical (unpaired) electrons. The summed E-state index contributed by atoms with van der Waals surface area (Å²) >= 11 is 0.911. The van der Waals surface area contributed by atoms with Crippen molar-refractivity contribution in [2.75, 3.05) is 12.4 Å². The van der Waals surface area contributed by atoms with Gasteiger partial charge >= 0.3 is 5.97 Å². The van der Waals surface area contributed by atoms with Gasteiger partial charge in [0.05, 0.1) is 6.61 Å². The fourth-order valence-corrected chi connectivity index (χ4v) is 0.937. The van der Waals surface area contributed by atoms with Gasteiger partial charge < -0.3 is 4.74 Å². The minimum atomic E-state index is -0.294. The minimum absolute atomic E-state index is 0.141.